The van der Waals surface area contributed by atoms with Crippen LogP contribution < -0.4 is 0 Å². The Balaban J connectivity index is 1.02. The number of nitrogens with one attached hydrogen (secondary N) is 1. The van der Waals surface area contributed by atoms with E-state index in [4.69, 9.17) is 9.47 Å². The number of epoxide rings is 1. The lowest BCUT2D eigenvalue weighted by atomic mass is 9.33. The standard InChI is InChI=1S/C60H84N2O8/c1-33-22-36(24-39(23-33)37-15-20-69-21-16-37)25-40-31-62-32-42-48-49(56(5,28-45(66)54-55(3,4)70-54)17-12-38-30-61-50(40)51(38)62)44(65)29-59(48,8)58(7)19-13-46-57(6,53(58)52(42)68)18-14-47(67)60(46,9)41-11-10-35(26-41)27-43(64)34(2)63/h22-24,30-31,34-35,37,41-43,45-46,52-54,61,63-64,66,68H,10-21,25-29,32H2,1-9H3. The van der Waals surface area contributed by atoms with Crippen LogP contribution in [0.15, 0.2) is 41.7 Å². The lowest BCUT2D eigenvalue weighted by Gasteiger charge is -2.70. The number of nitrogens with zero attached hydrogens (tertiary/aromatic N) is 1. The quantitative estimate of drug-likeness (QED) is 0.126. The summed E-state index contributed by atoms with van der Waals surface area (Å²) in [5, 5.41) is 46.9. The van der Waals surface area contributed by atoms with Gasteiger partial charge in [0.25, 0.3) is 0 Å². The van der Waals surface area contributed by atoms with Gasteiger partial charge in [-0.25, -0.2) is 0 Å². The maximum absolute atomic E-state index is 15.5. The highest BCUT2D eigenvalue weighted by molar-refractivity contribution is 6.02. The largest absolute Gasteiger partial charge is 0.392 e. The van der Waals surface area contributed by atoms with Gasteiger partial charge in [0.05, 0.1) is 41.1 Å². The van der Waals surface area contributed by atoms with E-state index in [0.29, 0.717) is 50.4 Å². The van der Waals surface area contributed by atoms with Gasteiger partial charge in [0.15, 0.2) is 5.78 Å². The second-order valence-corrected chi connectivity index (χ2v) is 26.6. The van der Waals surface area contributed by atoms with Crippen LogP contribution in [0.5, 0.6) is 0 Å². The first-order chi connectivity index (χ1) is 33.0. The minimum absolute atomic E-state index is 0.0634. The van der Waals surface area contributed by atoms with Crippen molar-refractivity contribution in [2.45, 2.75) is 207 Å². The van der Waals surface area contributed by atoms with Gasteiger partial charge >= 0.3 is 0 Å². The summed E-state index contributed by atoms with van der Waals surface area (Å²) in [6.45, 7) is 21.7. The van der Waals surface area contributed by atoms with Crippen LogP contribution >= 0.6 is 0 Å². The molecule has 8 aliphatic rings. The van der Waals surface area contributed by atoms with E-state index >= 15 is 4.79 Å². The number of fused-ring (bicyclic) bond motifs is 4. The van der Waals surface area contributed by atoms with Gasteiger partial charge in [-0.3, -0.25) is 9.59 Å². The van der Waals surface area contributed by atoms with E-state index in [0.717, 1.165) is 94.1 Å². The van der Waals surface area contributed by atoms with Crippen molar-refractivity contribution in [3.05, 3.63) is 69.6 Å². The smallest absolute Gasteiger partial charge is 0.160 e. The number of Topliss-reactive ketones (excluding diaryl/α,β-unsaturated/α-hetero) is 2. The van der Waals surface area contributed by atoms with Crippen LogP contribution in [0.4, 0.5) is 0 Å². The number of hydrogen-bond donors (Lipinski definition) is 5. The van der Waals surface area contributed by atoms with Gasteiger partial charge in [-0.05, 0) is 172 Å². The van der Waals surface area contributed by atoms with Gasteiger partial charge in [0.2, 0.25) is 0 Å². The lowest BCUT2D eigenvalue weighted by molar-refractivity contribution is -0.227. The molecule has 15 atom stereocenters. The maximum atomic E-state index is 15.5. The number of aliphatic hydroxyl groups is 4. The molecule has 6 fully saturated rings. The van der Waals surface area contributed by atoms with Gasteiger partial charge in [-0.15, -0.1) is 0 Å². The van der Waals surface area contributed by atoms with Crippen molar-refractivity contribution < 1.29 is 39.5 Å². The monoisotopic (exact) mass is 961 g/mol. The SMILES string of the molecule is Cc1cc(Cc2cn3c4c(c[nH]c24)CCC(C)(CC(O)C2OC2(C)C)C2=C4C(C3)C(O)C3C5(C)CCC(=O)C(C)(C6CCC(CC(O)C(C)O)C6)C5CCC3(C)C4(C)CC2=O)cc(C2CCOCC2)c1. The van der Waals surface area contributed by atoms with Crippen LogP contribution in [0.25, 0.3) is 11.0 Å². The number of H-pyrrole nitrogens is 1. The fraction of sp³-hybridized carbons (Fsp3) is 0.733. The minimum atomic E-state index is -0.785. The summed E-state index contributed by atoms with van der Waals surface area (Å²) in [6.07, 6.45) is 12.4. The number of carbonyl (C=O) groups excluding carboxylic acids is 2. The summed E-state index contributed by atoms with van der Waals surface area (Å²) in [7, 11) is 0. The molecule has 0 radical (unpaired) electrons. The molecule has 5 heterocycles. The molecule has 5 N–H and O–H groups in total. The van der Waals surface area contributed by atoms with Gasteiger partial charge < -0.3 is 39.5 Å². The van der Waals surface area contributed by atoms with Crippen LogP contribution in [-0.4, -0.2) is 90.9 Å². The van der Waals surface area contributed by atoms with Crippen molar-refractivity contribution in [3.63, 3.8) is 0 Å². The molecule has 11 rings (SSSR count). The van der Waals surface area contributed by atoms with Crippen molar-refractivity contribution in [2.24, 2.45) is 56.7 Å². The van der Waals surface area contributed by atoms with E-state index in [1.807, 2.05) is 13.8 Å². The highest BCUT2D eigenvalue weighted by atomic mass is 16.6. The zero-order valence-corrected chi connectivity index (χ0v) is 43.8. The molecule has 4 saturated carbocycles. The number of hydrogen-bond acceptors (Lipinski definition) is 8. The fourth-order valence-electron chi connectivity index (χ4n) is 18.3. The summed E-state index contributed by atoms with van der Waals surface area (Å²) in [4.78, 5) is 34.0. The molecule has 1 aromatic carbocycles. The Hall–Kier alpha value is -3.12. The maximum Gasteiger partial charge on any atom is 0.160 e. The van der Waals surface area contributed by atoms with Crippen molar-refractivity contribution in [1.29, 1.82) is 0 Å². The van der Waals surface area contributed by atoms with Gasteiger partial charge in [0, 0.05) is 73.7 Å². The Morgan fingerprint density at radius 1 is 0.914 bits per heavy atom. The third-order valence-corrected chi connectivity index (χ3v) is 22.0. The van der Waals surface area contributed by atoms with Gasteiger partial charge in [-0.1, -0.05) is 64.8 Å². The molecular formula is C60H84N2O8. The summed E-state index contributed by atoms with van der Waals surface area (Å²) < 4.78 is 14.3. The average Bonchev–Trinajstić information content (AvgIpc) is 3.78. The summed E-state index contributed by atoms with van der Waals surface area (Å²) in [5.74, 6) is 0.975. The lowest BCUT2D eigenvalue weighted by Crippen LogP contribution is -2.68. The number of benzene rings is 1. The second-order valence-electron chi connectivity index (χ2n) is 26.6. The van der Waals surface area contributed by atoms with Crippen LogP contribution in [0.1, 0.15) is 173 Å². The number of aryl methyl sites for hydroxylation is 2. The molecule has 2 aromatic heterocycles. The molecule has 3 aliphatic heterocycles. The first-order valence-electron chi connectivity index (χ1n) is 27.6. The minimum Gasteiger partial charge on any atom is -0.392 e. The second kappa shape index (κ2) is 17.0. The highest BCUT2D eigenvalue weighted by Gasteiger charge is 2.73. The Morgan fingerprint density at radius 3 is 2.37 bits per heavy atom. The molecule has 382 valence electrons. The van der Waals surface area contributed by atoms with Gasteiger partial charge in [0.1, 0.15) is 11.9 Å². The molecule has 70 heavy (non-hydrogen) atoms. The van der Waals surface area contributed by atoms with Crippen molar-refractivity contribution in [1.82, 2.24) is 9.55 Å². The average molecular weight is 961 g/mol. The number of carbonyl (C=O) groups is 2. The van der Waals surface area contributed by atoms with E-state index in [1.165, 1.54) is 33.3 Å². The molecule has 3 aromatic rings. The topological polar surface area (TPSA) is 158 Å². The number of aromatic amines is 1. The molecule has 10 heteroatoms. The third kappa shape index (κ3) is 7.42. The molecule has 0 bridgehead atoms. The number of rotatable bonds is 10. The summed E-state index contributed by atoms with van der Waals surface area (Å²) >= 11 is 0. The first-order valence-corrected chi connectivity index (χ1v) is 27.6. The van der Waals surface area contributed by atoms with Crippen molar-refractivity contribution in [2.75, 3.05) is 13.2 Å². The zero-order valence-electron chi connectivity index (χ0n) is 43.8. The van der Waals surface area contributed by atoms with Crippen molar-refractivity contribution >= 4 is 22.6 Å². The molecular weight excluding hydrogens is 877 g/mol. The molecule has 0 amide bonds. The van der Waals surface area contributed by atoms with E-state index in [2.05, 4.69) is 81.7 Å². The number of ketones is 2. The van der Waals surface area contributed by atoms with E-state index in [9.17, 15) is 25.2 Å². The summed E-state index contributed by atoms with van der Waals surface area (Å²) in [6, 6.07) is 7.10. The normalized spacial score (nSPS) is 40.7. The van der Waals surface area contributed by atoms with E-state index in [-0.39, 0.29) is 46.9 Å². The van der Waals surface area contributed by atoms with Crippen molar-refractivity contribution in [3.8, 4) is 0 Å². The predicted molar refractivity (Wildman–Crippen MR) is 271 cm³/mol. The third-order valence-electron chi connectivity index (χ3n) is 22.0. The molecule has 10 nitrogen and oxygen atoms in total. The first kappa shape index (κ1) is 49.1. The van der Waals surface area contributed by atoms with Crippen LogP contribution in [0.3, 0.4) is 0 Å². The van der Waals surface area contributed by atoms with E-state index in [1.54, 1.807) is 6.92 Å². The molecule has 5 aliphatic carbocycles. The van der Waals surface area contributed by atoms with Crippen LogP contribution in [-0.2, 0) is 38.4 Å². The molecule has 15 unspecified atom stereocenters. The van der Waals surface area contributed by atoms with Crippen LogP contribution in [0.2, 0.25) is 0 Å². The Kier molecular flexibility index (Phi) is 11.9. The van der Waals surface area contributed by atoms with Gasteiger partial charge in [-0.2, -0.15) is 0 Å². The summed E-state index contributed by atoms with van der Waals surface area (Å²) in [5.41, 5.74) is 7.67. The Bertz CT molecular complexity index is 2600. The number of aromatic nitrogens is 2. The molecule has 2 saturated heterocycles. The predicted octanol–water partition coefficient (Wildman–Crippen LogP) is 9.87. The Morgan fingerprint density at radius 2 is 1.66 bits per heavy atom. The van der Waals surface area contributed by atoms with E-state index < -0.39 is 51.7 Å². The highest BCUT2D eigenvalue weighted by Crippen LogP contribution is 2.76. The number of ether oxygens (including phenoxy) is 2. The molecule has 0 spiro atoms. The number of allylic oxidation sites excluding steroid dienone is 1. The zero-order chi connectivity index (χ0) is 49.7. The Labute approximate surface area is 416 Å². The fourth-order valence-corrected chi connectivity index (χ4v) is 18.3. The number of aliphatic hydroxyl groups excluding tert-OH is 4. The van der Waals surface area contributed by atoms with Crippen LogP contribution in [0, 0.1) is 63.6 Å².